The van der Waals surface area contributed by atoms with Gasteiger partial charge in [0, 0.05) is 13.7 Å². The minimum absolute atomic E-state index is 0.0428. The molecule has 32 heavy (non-hydrogen) atoms. The van der Waals surface area contributed by atoms with Crippen molar-refractivity contribution >= 4 is 5.91 Å². The Hall–Kier alpha value is -0.690. The highest BCUT2D eigenvalue weighted by Crippen LogP contribution is 2.30. The fourth-order valence-electron chi connectivity index (χ4n) is 2.82. The van der Waals surface area contributed by atoms with E-state index in [0.29, 0.717) is 32.3 Å². The van der Waals surface area contributed by atoms with Crippen LogP contribution in [-0.4, -0.2) is 62.8 Å². The second-order valence-corrected chi connectivity index (χ2v) is 10.7. The van der Waals surface area contributed by atoms with Crippen molar-refractivity contribution in [2.24, 2.45) is 11.3 Å². The smallest absolute Gasteiger partial charge is 0.223 e. The zero-order valence-corrected chi connectivity index (χ0v) is 23.5. The maximum atomic E-state index is 12.9. The van der Waals surface area contributed by atoms with E-state index in [2.05, 4.69) is 33.0 Å². The Bertz CT molecular complexity index is 475. The van der Waals surface area contributed by atoms with Crippen molar-refractivity contribution in [3.8, 4) is 0 Å². The van der Waals surface area contributed by atoms with Crippen LogP contribution in [0.4, 0.5) is 0 Å². The number of rotatable bonds is 16. The lowest BCUT2D eigenvalue weighted by Gasteiger charge is -2.36. The van der Waals surface area contributed by atoms with Gasteiger partial charge in [-0.3, -0.25) is 4.79 Å². The SMILES string of the molecule is CC.COCC(COC(C)C)(COC(C)C)NC(=O)CC(C)(C)OCCC(C)(C)C(C)C. The highest BCUT2D eigenvalue weighted by molar-refractivity contribution is 5.77. The summed E-state index contributed by atoms with van der Waals surface area (Å²) in [5.41, 5.74) is -1.10. The van der Waals surface area contributed by atoms with Gasteiger partial charge in [-0.25, -0.2) is 0 Å². The maximum Gasteiger partial charge on any atom is 0.223 e. The molecule has 0 aliphatic carbocycles. The quantitative estimate of drug-likeness (QED) is 0.323. The van der Waals surface area contributed by atoms with Crippen molar-refractivity contribution in [2.75, 3.05) is 33.5 Å². The summed E-state index contributed by atoms with van der Waals surface area (Å²) < 4.78 is 23.2. The van der Waals surface area contributed by atoms with E-state index in [1.165, 1.54) is 0 Å². The highest BCUT2D eigenvalue weighted by Gasteiger charge is 2.36. The first-order valence-corrected chi connectivity index (χ1v) is 12.3. The number of carbonyl (C=O) groups excluding carboxylic acids is 1. The molecule has 0 fully saturated rings. The van der Waals surface area contributed by atoms with Crippen LogP contribution in [0, 0.1) is 11.3 Å². The van der Waals surface area contributed by atoms with Crippen LogP contribution >= 0.6 is 0 Å². The largest absolute Gasteiger partial charge is 0.382 e. The van der Waals surface area contributed by atoms with E-state index < -0.39 is 11.1 Å². The molecule has 0 heterocycles. The molecule has 0 unspecified atom stereocenters. The van der Waals surface area contributed by atoms with Gasteiger partial charge in [0.25, 0.3) is 0 Å². The van der Waals surface area contributed by atoms with Gasteiger partial charge in [0.05, 0.1) is 44.1 Å². The first-order chi connectivity index (χ1) is 14.6. The summed E-state index contributed by atoms with van der Waals surface area (Å²) in [6.45, 7) is 26.3. The molecule has 0 aromatic rings. The zero-order chi connectivity index (χ0) is 25.6. The van der Waals surface area contributed by atoms with Crippen molar-refractivity contribution in [2.45, 2.75) is 119 Å². The van der Waals surface area contributed by atoms with Crippen molar-refractivity contribution in [1.82, 2.24) is 5.32 Å². The van der Waals surface area contributed by atoms with E-state index in [-0.39, 0.29) is 30.0 Å². The lowest BCUT2D eigenvalue weighted by atomic mass is 9.78. The molecule has 0 aromatic heterocycles. The Balaban J connectivity index is 0. The van der Waals surface area contributed by atoms with Gasteiger partial charge in [-0.15, -0.1) is 0 Å². The van der Waals surface area contributed by atoms with Gasteiger partial charge in [0.15, 0.2) is 0 Å². The first-order valence-electron chi connectivity index (χ1n) is 12.3. The normalized spacial score (nSPS) is 12.9. The summed E-state index contributed by atoms with van der Waals surface area (Å²) in [5, 5.41) is 3.13. The number of hydrogen-bond donors (Lipinski definition) is 1. The molecule has 0 rings (SSSR count). The number of methoxy groups -OCH3 is 1. The third-order valence-electron chi connectivity index (χ3n) is 5.60. The predicted octanol–water partition coefficient (Wildman–Crippen LogP) is 5.62. The van der Waals surface area contributed by atoms with Crippen molar-refractivity contribution in [3.05, 3.63) is 0 Å². The second-order valence-electron chi connectivity index (χ2n) is 10.7. The average Bonchev–Trinajstić information content (AvgIpc) is 2.65. The lowest BCUT2D eigenvalue weighted by Crippen LogP contribution is -2.59. The molecule has 0 bridgehead atoms. The fourth-order valence-corrected chi connectivity index (χ4v) is 2.82. The van der Waals surface area contributed by atoms with Crippen molar-refractivity contribution in [1.29, 1.82) is 0 Å². The summed E-state index contributed by atoms with van der Waals surface area (Å²) in [6, 6.07) is 0. The Morgan fingerprint density at radius 3 is 1.69 bits per heavy atom. The van der Waals surface area contributed by atoms with Gasteiger partial charge in [-0.05, 0) is 59.3 Å². The number of nitrogens with one attached hydrogen (secondary N) is 1. The van der Waals surface area contributed by atoms with E-state index >= 15 is 0 Å². The molecule has 0 aliphatic rings. The Morgan fingerprint density at radius 1 is 0.844 bits per heavy atom. The van der Waals surface area contributed by atoms with Crippen LogP contribution in [0.2, 0.25) is 0 Å². The van der Waals surface area contributed by atoms with Gasteiger partial charge in [0.1, 0.15) is 5.54 Å². The van der Waals surface area contributed by atoms with Crippen molar-refractivity contribution < 1.29 is 23.7 Å². The molecule has 0 saturated heterocycles. The zero-order valence-electron chi connectivity index (χ0n) is 23.5. The Labute approximate surface area is 199 Å². The van der Waals surface area contributed by atoms with E-state index in [9.17, 15) is 4.79 Å². The average molecular weight is 462 g/mol. The van der Waals surface area contributed by atoms with Crippen LogP contribution in [0.1, 0.15) is 95.9 Å². The van der Waals surface area contributed by atoms with Gasteiger partial charge in [-0.2, -0.15) is 0 Å². The molecule has 1 N–H and O–H groups in total. The van der Waals surface area contributed by atoms with Crippen molar-refractivity contribution in [3.63, 3.8) is 0 Å². The molecule has 6 nitrogen and oxygen atoms in total. The Kier molecular flexibility index (Phi) is 16.8. The maximum absolute atomic E-state index is 12.9. The van der Waals surface area contributed by atoms with Crippen LogP contribution in [0.25, 0.3) is 0 Å². The summed E-state index contributed by atoms with van der Waals surface area (Å²) in [5.74, 6) is 0.476. The van der Waals surface area contributed by atoms with Crippen LogP contribution in [0.5, 0.6) is 0 Å². The molecular formula is C26H55NO5. The van der Waals surface area contributed by atoms with Crippen LogP contribution < -0.4 is 5.32 Å². The number of hydrogen-bond acceptors (Lipinski definition) is 5. The number of carbonyl (C=O) groups is 1. The molecule has 0 aliphatic heterocycles. The monoisotopic (exact) mass is 461 g/mol. The molecule has 0 spiro atoms. The first kappa shape index (κ1) is 33.5. The molecule has 6 heteroatoms. The number of amides is 1. The van der Waals surface area contributed by atoms with Crippen LogP contribution in [0.3, 0.4) is 0 Å². The second kappa shape index (κ2) is 16.0. The van der Waals surface area contributed by atoms with E-state index in [1.54, 1.807) is 7.11 Å². The molecule has 1 amide bonds. The van der Waals surface area contributed by atoms with E-state index in [1.807, 2.05) is 55.4 Å². The molecule has 0 aromatic carbocycles. The lowest BCUT2D eigenvalue weighted by molar-refractivity contribution is -0.135. The standard InChI is InChI=1S/C24H49NO5.C2H6/c1-18(2)22(7,8)12-13-30-23(9,10)14-21(26)25-24(15-27-11,16-28-19(3)4)17-29-20(5)6;1-2/h18-20H,12-17H2,1-11H3,(H,25,26);1-2H3. The van der Waals surface area contributed by atoms with Gasteiger partial charge in [-0.1, -0.05) is 41.5 Å². The fraction of sp³-hybridized carbons (Fsp3) is 0.962. The summed E-state index contributed by atoms with van der Waals surface area (Å²) >= 11 is 0. The molecule has 194 valence electrons. The van der Waals surface area contributed by atoms with Gasteiger partial charge in [0.2, 0.25) is 5.91 Å². The van der Waals surface area contributed by atoms with Crippen LogP contribution in [0.15, 0.2) is 0 Å². The Morgan fingerprint density at radius 2 is 1.31 bits per heavy atom. The third-order valence-corrected chi connectivity index (χ3v) is 5.60. The highest BCUT2D eigenvalue weighted by atomic mass is 16.5. The third kappa shape index (κ3) is 15.2. The van der Waals surface area contributed by atoms with Crippen LogP contribution in [-0.2, 0) is 23.7 Å². The predicted molar refractivity (Wildman–Crippen MR) is 134 cm³/mol. The number of ether oxygens (including phenoxy) is 4. The molecule has 0 atom stereocenters. The summed E-state index contributed by atoms with van der Waals surface area (Å²) in [6.07, 6.45) is 1.29. The van der Waals surface area contributed by atoms with E-state index in [0.717, 1.165) is 6.42 Å². The van der Waals surface area contributed by atoms with Gasteiger partial charge >= 0.3 is 0 Å². The van der Waals surface area contributed by atoms with E-state index in [4.69, 9.17) is 18.9 Å². The topological polar surface area (TPSA) is 66.0 Å². The molecular weight excluding hydrogens is 406 g/mol. The minimum Gasteiger partial charge on any atom is -0.382 e. The summed E-state index contributed by atoms with van der Waals surface area (Å²) in [7, 11) is 1.62. The molecule has 0 radical (unpaired) electrons. The summed E-state index contributed by atoms with van der Waals surface area (Å²) in [4.78, 5) is 12.9. The minimum atomic E-state index is -0.740. The molecule has 0 saturated carbocycles. The van der Waals surface area contributed by atoms with Gasteiger partial charge < -0.3 is 24.3 Å².